The fourth-order valence-electron chi connectivity index (χ4n) is 3.16. The Morgan fingerprint density at radius 1 is 1.37 bits per heavy atom. The number of thioether (sulfide) groups is 1. The first-order chi connectivity index (χ1) is 13.0. The smallest absolute Gasteiger partial charge is 0.233 e. The highest BCUT2D eigenvalue weighted by Gasteiger charge is 2.24. The number of rotatable bonds is 8. The van der Waals surface area contributed by atoms with Gasteiger partial charge in [-0.3, -0.25) is 14.2 Å². The molecule has 3 rings (SSSR count). The Bertz CT molecular complexity index is 768. The van der Waals surface area contributed by atoms with E-state index in [0.29, 0.717) is 23.3 Å². The van der Waals surface area contributed by atoms with E-state index < -0.39 is 5.91 Å². The summed E-state index contributed by atoms with van der Waals surface area (Å²) >= 11 is 1.32. The minimum absolute atomic E-state index is 0.00380. The van der Waals surface area contributed by atoms with E-state index in [1.165, 1.54) is 31.0 Å². The van der Waals surface area contributed by atoms with Crippen molar-refractivity contribution in [1.29, 1.82) is 0 Å². The van der Waals surface area contributed by atoms with Gasteiger partial charge in [0.25, 0.3) is 0 Å². The molecule has 0 aliphatic heterocycles. The van der Waals surface area contributed by atoms with E-state index in [2.05, 4.69) is 15.5 Å². The highest BCUT2D eigenvalue weighted by molar-refractivity contribution is 8.00. The third-order valence-corrected chi connectivity index (χ3v) is 5.72. The van der Waals surface area contributed by atoms with Gasteiger partial charge in [-0.05, 0) is 31.9 Å². The van der Waals surface area contributed by atoms with Gasteiger partial charge in [-0.1, -0.05) is 31.0 Å². The highest BCUT2D eigenvalue weighted by Crippen LogP contribution is 2.28. The number of furan rings is 1. The number of carbonyl (C=O) groups is 2. The van der Waals surface area contributed by atoms with E-state index in [1.807, 2.05) is 6.92 Å². The van der Waals surface area contributed by atoms with E-state index in [1.54, 1.807) is 23.0 Å². The van der Waals surface area contributed by atoms with Crippen LogP contribution in [0.2, 0.25) is 0 Å². The van der Waals surface area contributed by atoms with Crippen molar-refractivity contribution in [3.05, 3.63) is 18.4 Å². The molecular weight excluding hydrogens is 366 g/mol. The van der Waals surface area contributed by atoms with Crippen LogP contribution in [0.25, 0.3) is 11.6 Å². The van der Waals surface area contributed by atoms with Crippen LogP contribution in [-0.4, -0.2) is 37.9 Å². The lowest BCUT2D eigenvalue weighted by molar-refractivity contribution is -0.121. The Labute approximate surface area is 162 Å². The number of nitrogens with one attached hydrogen (secondary N) is 1. The number of nitrogens with zero attached hydrogens (tertiary/aromatic N) is 3. The molecule has 1 fully saturated rings. The number of aromatic nitrogens is 3. The zero-order valence-electron chi connectivity index (χ0n) is 15.4. The standard InChI is InChI=1S/C18H25N5O3S/c1-12(17(25)20-13-6-3-2-4-7-13)27-18-22-21-16(14-8-5-11-26-14)23(18)10-9-15(19)24/h5,8,11-13H,2-4,6-7,9-10H2,1H3,(H2,19,24)(H,20,25). The molecule has 1 atom stereocenters. The lowest BCUT2D eigenvalue weighted by atomic mass is 9.95. The Hall–Kier alpha value is -2.29. The van der Waals surface area contributed by atoms with Crippen LogP contribution >= 0.6 is 11.8 Å². The molecule has 0 bridgehead atoms. The van der Waals surface area contributed by atoms with Crippen molar-refractivity contribution in [2.75, 3.05) is 0 Å². The van der Waals surface area contributed by atoms with Crippen LogP contribution in [0, 0.1) is 0 Å². The summed E-state index contributed by atoms with van der Waals surface area (Å²) in [7, 11) is 0. The third-order valence-electron chi connectivity index (χ3n) is 4.64. The first-order valence-corrected chi connectivity index (χ1v) is 10.1. The molecule has 3 N–H and O–H groups in total. The number of hydrogen-bond donors (Lipinski definition) is 2. The van der Waals surface area contributed by atoms with Crippen LogP contribution in [-0.2, 0) is 16.1 Å². The van der Waals surface area contributed by atoms with Crippen LogP contribution in [0.3, 0.4) is 0 Å². The fourth-order valence-corrected chi connectivity index (χ4v) is 4.05. The summed E-state index contributed by atoms with van der Waals surface area (Å²) in [5.41, 5.74) is 5.29. The second-order valence-corrected chi connectivity index (χ2v) is 8.06. The quantitative estimate of drug-likeness (QED) is 0.667. The zero-order valence-corrected chi connectivity index (χ0v) is 16.2. The van der Waals surface area contributed by atoms with E-state index in [0.717, 1.165) is 12.8 Å². The number of amides is 2. The lowest BCUT2D eigenvalue weighted by Crippen LogP contribution is -2.40. The van der Waals surface area contributed by atoms with Crippen molar-refractivity contribution in [2.45, 2.75) is 68.4 Å². The molecule has 0 radical (unpaired) electrons. The first kappa shape index (κ1) is 19.5. The van der Waals surface area contributed by atoms with Crippen molar-refractivity contribution in [3.63, 3.8) is 0 Å². The van der Waals surface area contributed by atoms with E-state index >= 15 is 0 Å². The normalized spacial score (nSPS) is 16.2. The minimum atomic E-state index is -0.409. The molecule has 1 unspecified atom stereocenters. The summed E-state index contributed by atoms with van der Waals surface area (Å²) < 4.78 is 7.18. The van der Waals surface area contributed by atoms with Gasteiger partial charge in [-0.25, -0.2) is 0 Å². The van der Waals surface area contributed by atoms with Gasteiger partial charge < -0.3 is 15.5 Å². The Balaban J connectivity index is 1.70. The van der Waals surface area contributed by atoms with Crippen LogP contribution in [0.1, 0.15) is 45.4 Å². The molecule has 2 amide bonds. The number of hydrogen-bond acceptors (Lipinski definition) is 6. The lowest BCUT2D eigenvalue weighted by Gasteiger charge is -2.24. The molecule has 0 spiro atoms. The largest absolute Gasteiger partial charge is 0.461 e. The summed E-state index contributed by atoms with van der Waals surface area (Å²) in [5, 5.41) is 11.8. The Morgan fingerprint density at radius 2 is 2.15 bits per heavy atom. The van der Waals surface area contributed by atoms with Gasteiger partial charge in [0.05, 0.1) is 11.5 Å². The third kappa shape index (κ3) is 5.12. The van der Waals surface area contributed by atoms with Crippen molar-refractivity contribution in [3.8, 4) is 11.6 Å². The van der Waals surface area contributed by atoms with Gasteiger partial charge in [-0.15, -0.1) is 10.2 Å². The molecule has 2 aromatic rings. The maximum absolute atomic E-state index is 12.5. The monoisotopic (exact) mass is 391 g/mol. The second kappa shape index (κ2) is 9.07. The van der Waals surface area contributed by atoms with Crippen LogP contribution in [0.4, 0.5) is 0 Å². The molecule has 2 heterocycles. The number of nitrogens with two attached hydrogens (primary N) is 1. The molecule has 0 aromatic carbocycles. The van der Waals surface area contributed by atoms with Gasteiger partial charge in [-0.2, -0.15) is 0 Å². The Kier molecular flexibility index (Phi) is 6.54. The summed E-state index contributed by atoms with van der Waals surface area (Å²) in [5.74, 6) is 0.658. The number of carbonyl (C=O) groups excluding carboxylic acids is 2. The second-order valence-electron chi connectivity index (χ2n) is 6.76. The minimum Gasteiger partial charge on any atom is -0.461 e. The summed E-state index contributed by atoms with van der Waals surface area (Å²) in [6, 6.07) is 3.80. The Morgan fingerprint density at radius 3 is 2.81 bits per heavy atom. The SMILES string of the molecule is CC(Sc1nnc(-c2ccco2)n1CCC(N)=O)C(=O)NC1CCCCC1. The molecule has 1 saturated carbocycles. The highest BCUT2D eigenvalue weighted by atomic mass is 32.2. The van der Waals surface area contributed by atoms with E-state index in [4.69, 9.17) is 10.2 Å². The van der Waals surface area contributed by atoms with E-state index in [-0.39, 0.29) is 23.6 Å². The molecular formula is C18H25N5O3S. The van der Waals surface area contributed by atoms with Gasteiger partial charge in [0.2, 0.25) is 11.8 Å². The van der Waals surface area contributed by atoms with Crippen molar-refractivity contribution < 1.29 is 14.0 Å². The topological polar surface area (TPSA) is 116 Å². The van der Waals surface area contributed by atoms with Gasteiger partial charge in [0.15, 0.2) is 16.7 Å². The number of primary amides is 1. The summed E-state index contributed by atoms with van der Waals surface area (Å²) in [6.45, 7) is 2.18. The predicted molar refractivity (Wildman–Crippen MR) is 102 cm³/mol. The zero-order chi connectivity index (χ0) is 19.2. The average Bonchev–Trinajstić information content (AvgIpc) is 3.30. The predicted octanol–water partition coefficient (Wildman–Crippen LogP) is 2.34. The average molecular weight is 391 g/mol. The van der Waals surface area contributed by atoms with Crippen molar-refractivity contribution >= 4 is 23.6 Å². The van der Waals surface area contributed by atoms with Crippen molar-refractivity contribution in [2.24, 2.45) is 5.73 Å². The molecule has 146 valence electrons. The summed E-state index contributed by atoms with van der Waals surface area (Å²) in [6.07, 6.45) is 7.37. The van der Waals surface area contributed by atoms with Crippen molar-refractivity contribution in [1.82, 2.24) is 20.1 Å². The maximum Gasteiger partial charge on any atom is 0.233 e. The van der Waals surface area contributed by atoms with Crippen LogP contribution in [0.5, 0.6) is 0 Å². The molecule has 1 aliphatic rings. The fraction of sp³-hybridized carbons (Fsp3) is 0.556. The molecule has 9 heteroatoms. The van der Waals surface area contributed by atoms with Gasteiger partial charge in [0, 0.05) is 19.0 Å². The molecule has 0 saturated heterocycles. The molecule has 27 heavy (non-hydrogen) atoms. The maximum atomic E-state index is 12.5. The molecule has 8 nitrogen and oxygen atoms in total. The van der Waals surface area contributed by atoms with E-state index in [9.17, 15) is 9.59 Å². The van der Waals surface area contributed by atoms with Crippen LogP contribution < -0.4 is 11.1 Å². The first-order valence-electron chi connectivity index (χ1n) is 9.27. The molecule has 2 aromatic heterocycles. The van der Waals surface area contributed by atoms with Gasteiger partial charge in [0.1, 0.15) is 0 Å². The molecule has 1 aliphatic carbocycles. The van der Waals surface area contributed by atoms with Gasteiger partial charge >= 0.3 is 0 Å². The summed E-state index contributed by atoms with van der Waals surface area (Å²) in [4.78, 5) is 23.8. The van der Waals surface area contributed by atoms with Crippen LogP contribution in [0.15, 0.2) is 28.0 Å².